The topological polar surface area (TPSA) is 18.5 Å². The molecule has 0 aromatic rings. The highest BCUT2D eigenvalue weighted by atomic mass is 32.9. The van der Waals surface area contributed by atoms with Gasteiger partial charge in [-0.05, 0) is 36.7 Å². The van der Waals surface area contributed by atoms with Crippen molar-refractivity contribution in [2.75, 3.05) is 24.7 Å². The molecule has 0 saturated carbocycles. The first-order valence-electron chi connectivity index (χ1n) is 4.81. The van der Waals surface area contributed by atoms with E-state index in [0.717, 1.165) is 11.5 Å². The van der Waals surface area contributed by atoms with Crippen LogP contribution in [0, 0.1) is 11.2 Å². The number of thioether (sulfide) groups is 1. The van der Waals surface area contributed by atoms with Crippen LogP contribution in [0.3, 0.4) is 0 Å². The van der Waals surface area contributed by atoms with Gasteiger partial charge in [0, 0.05) is 11.4 Å². The van der Waals surface area contributed by atoms with Crippen molar-refractivity contribution in [2.24, 2.45) is 0 Å². The molecule has 0 radical (unpaired) electrons. The van der Waals surface area contributed by atoms with Gasteiger partial charge in [-0.2, -0.15) is 0 Å². The predicted molar refractivity (Wildman–Crippen MR) is 75.9 cm³/mol. The SMILES string of the molecule is CCOP(=S)(OCC)SC#CCSCC. The van der Waals surface area contributed by atoms with E-state index in [2.05, 4.69) is 18.1 Å². The standard InChI is InChI=1S/C9H17O2PS3/c1-4-10-12(13,11-5-2)15-9-7-8-14-6-3/h4-6,8H2,1-3H3. The molecule has 0 aromatic carbocycles. The van der Waals surface area contributed by atoms with Crippen LogP contribution in [0.4, 0.5) is 0 Å². The Bertz CT molecular complexity index is 250. The van der Waals surface area contributed by atoms with Crippen molar-refractivity contribution in [1.82, 2.24) is 0 Å². The van der Waals surface area contributed by atoms with Crippen LogP contribution in [-0.4, -0.2) is 24.7 Å². The quantitative estimate of drug-likeness (QED) is 0.401. The highest BCUT2D eigenvalue weighted by Crippen LogP contribution is 2.60. The smallest absolute Gasteiger partial charge is 0.259 e. The molecule has 0 aromatic heterocycles. The molecule has 88 valence electrons. The molecule has 0 aliphatic heterocycles. The Morgan fingerprint density at radius 3 is 2.27 bits per heavy atom. The predicted octanol–water partition coefficient (Wildman–Crippen LogP) is 3.73. The lowest BCUT2D eigenvalue weighted by Gasteiger charge is -2.16. The summed E-state index contributed by atoms with van der Waals surface area (Å²) in [6.07, 6.45) is 0. The first-order valence-corrected chi connectivity index (χ1v) is 10.0. The molecule has 0 unspecified atom stereocenters. The molecule has 0 atom stereocenters. The fraction of sp³-hybridized carbons (Fsp3) is 0.778. The van der Waals surface area contributed by atoms with Gasteiger partial charge in [0.1, 0.15) is 0 Å². The van der Waals surface area contributed by atoms with Crippen molar-refractivity contribution in [3.05, 3.63) is 0 Å². The maximum Gasteiger partial charge on any atom is 0.259 e. The minimum absolute atomic E-state index is 0.579. The Balaban J connectivity index is 4.03. The fourth-order valence-electron chi connectivity index (χ4n) is 0.677. The van der Waals surface area contributed by atoms with E-state index in [-0.39, 0.29) is 0 Å². The molecule has 2 nitrogen and oxygen atoms in total. The summed E-state index contributed by atoms with van der Waals surface area (Å²) in [5.74, 6) is 4.97. The molecule has 0 aliphatic carbocycles. The highest BCUT2D eigenvalue weighted by Gasteiger charge is 2.17. The average Bonchev–Trinajstić information content (AvgIpc) is 2.18. The van der Waals surface area contributed by atoms with Gasteiger partial charge >= 0.3 is 0 Å². The van der Waals surface area contributed by atoms with Crippen molar-refractivity contribution in [3.63, 3.8) is 0 Å². The van der Waals surface area contributed by atoms with E-state index in [1.807, 2.05) is 13.8 Å². The van der Waals surface area contributed by atoms with Gasteiger partial charge in [-0.25, -0.2) is 0 Å². The van der Waals surface area contributed by atoms with Gasteiger partial charge in [0.25, 0.3) is 5.69 Å². The Morgan fingerprint density at radius 2 is 1.80 bits per heavy atom. The Hall–Kier alpha value is 0.830. The second-order valence-electron chi connectivity index (χ2n) is 2.29. The highest BCUT2D eigenvalue weighted by molar-refractivity contribution is 8.69. The zero-order valence-corrected chi connectivity index (χ0v) is 12.7. The summed E-state index contributed by atoms with van der Waals surface area (Å²) in [5, 5.41) is 2.97. The second-order valence-corrected chi connectivity index (χ2v) is 9.49. The maximum atomic E-state index is 5.43. The maximum absolute atomic E-state index is 5.43. The van der Waals surface area contributed by atoms with Crippen LogP contribution in [0.1, 0.15) is 20.8 Å². The van der Waals surface area contributed by atoms with Gasteiger partial charge in [-0.15, -0.1) is 11.8 Å². The Labute approximate surface area is 106 Å². The molecule has 0 rings (SSSR count). The van der Waals surface area contributed by atoms with Crippen molar-refractivity contribution in [3.8, 4) is 11.2 Å². The number of rotatable bonds is 7. The van der Waals surface area contributed by atoms with Crippen LogP contribution in [0.5, 0.6) is 0 Å². The lowest BCUT2D eigenvalue weighted by atomic mass is 10.8. The third-order valence-corrected chi connectivity index (χ3v) is 6.43. The first kappa shape index (κ1) is 15.8. The first-order chi connectivity index (χ1) is 7.18. The summed E-state index contributed by atoms with van der Waals surface area (Å²) in [7, 11) is 0. The minimum atomic E-state index is -2.20. The molecule has 0 saturated heterocycles. The molecule has 0 heterocycles. The van der Waals surface area contributed by atoms with Crippen LogP contribution >= 0.6 is 28.8 Å². The van der Waals surface area contributed by atoms with Gasteiger partial charge in [-0.3, -0.25) is 0 Å². The monoisotopic (exact) mass is 284 g/mol. The van der Waals surface area contributed by atoms with E-state index in [1.54, 1.807) is 11.8 Å². The summed E-state index contributed by atoms with van der Waals surface area (Å²) in [6, 6.07) is 0. The van der Waals surface area contributed by atoms with E-state index in [4.69, 9.17) is 20.9 Å². The van der Waals surface area contributed by atoms with Crippen molar-refractivity contribution >= 4 is 40.6 Å². The van der Waals surface area contributed by atoms with Crippen molar-refractivity contribution in [2.45, 2.75) is 20.8 Å². The van der Waals surface area contributed by atoms with Crippen LogP contribution < -0.4 is 0 Å². The number of hydrogen-bond donors (Lipinski definition) is 0. The summed E-state index contributed by atoms with van der Waals surface area (Å²) >= 11 is 8.42. The molecule has 0 bridgehead atoms. The van der Waals surface area contributed by atoms with Gasteiger partial charge in [0.2, 0.25) is 0 Å². The third-order valence-electron chi connectivity index (χ3n) is 1.18. The summed E-state index contributed by atoms with van der Waals surface area (Å²) < 4.78 is 10.9. The molecule has 0 fully saturated rings. The largest absolute Gasteiger partial charge is 0.321 e. The van der Waals surface area contributed by atoms with Crippen LogP contribution in [0.15, 0.2) is 0 Å². The summed E-state index contributed by atoms with van der Waals surface area (Å²) in [5.41, 5.74) is -2.20. The van der Waals surface area contributed by atoms with E-state index in [1.165, 1.54) is 11.4 Å². The van der Waals surface area contributed by atoms with Gasteiger partial charge < -0.3 is 9.05 Å². The van der Waals surface area contributed by atoms with E-state index in [9.17, 15) is 0 Å². The second kappa shape index (κ2) is 10.0. The minimum Gasteiger partial charge on any atom is -0.321 e. The molecule has 0 aliphatic rings. The fourth-order valence-corrected chi connectivity index (χ4v) is 4.65. The zero-order valence-electron chi connectivity index (χ0n) is 9.32. The van der Waals surface area contributed by atoms with Gasteiger partial charge in [0.05, 0.1) is 19.0 Å². The summed E-state index contributed by atoms with van der Waals surface area (Å²) in [4.78, 5) is 0. The van der Waals surface area contributed by atoms with Gasteiger partial charge in [-0.1, -0.05) is 12.8 Å². The van der Waals surface area contributed by atoms with Crippen LogP contribution in [0.25, 0.3) is 0 Å². The van der Waals surface area contributed by atoms with E-state index >= 15 is 0 Å². The summed E-state index contributed by atoms with van der Waals surface area (Å²) in [6.45, 7) is 7.11. The average molecular weight is 284 g/mol. The molecule has 15 heavy (non-hydrogen) atoms. The van der Waals surface area contributed by atoms with Crippen molar-refractivity contribution < 1.29 is 9.05 Å². The molecule has 0 spiro atoms. The Kier molecular flexibility index (Phi) is 10.6. The lowest BCUT2D eigenvalue weighted by molar-refractivity contribution is 0.281. The van der Waals surface area contributed by atoms with E-state index < -0.39 is 5.69 Å². The van der Waals surface area contributed by atoms with Crippen molar-refractivity contribution in [1.29, 1.82) is 0 Å². The molecule has 0 N–H and O–H groups in total. The van der Waals surface area contributed by atoms with Gasteiger partial charge in [0.15, 0.2) is 0 Å². The number of hydrogen-bond acceptors (Lipinski definition) is 5. The Morgan fingerprint density at radius 1 is 1.20 bits per heavy atom. The normalized spacial score (nSPS) is 10.9. The third kappa shape index (κ3) is 8.62. The lowest BCUT2D eigenvalue weighted by Crippen LogP contribution is -1.90. The molecular formula is C9H17O2PS3. The zero-order chi connectivity index (χ0) is 11.6. The molecular weight excluding hydrogens is 267 g/mol. The molecule has 6 heteroatoms. The van der Waals surface area contributed by atoms with Crippen LogP contribution in [0.2, 0.25) is 0 Å². The van der Waals surface area contributed by atoms with Crippen LogP contribution in [-0.2, 0) is 20.9 Å². The molecule has 0 amide bonds. The van der Waals surface area contributed by atoms with E-state index in [0.29, 0.717) is 13.2 Å².